The summed E-state index contributed by atoms with van der Waals surface area (Å²) in [6.07, 6.45) is 4.69. The number of nitrogen functional groups attached to an aromatic ring is 1. The molecule has 0 unspecified atom stereocenters. The number of nitrogens with zero attached hydrogens (tertiary/aromatic N) is 4. The monoisotopic (exact) mass is 250 g/mol. The summed E-state index contributed by atoms with van der Waals surface area (Å²) >= 11 is 0. The molecule has 0 amide bonds. The molecule has 2 heterocycles. The number of methoxy groups -OCH3 is 1. The Balaban J connectivity index is 2.28. The summed E-state index contributed by atoms with van der Waals surface area (Å²) in [6, 6.07) is 0. The molecule has 2 aromatic heterocycles. The van der Waals surface area contributed by atoms with E-state index in [1.807, 2.05) is 6.92 Å². The molecular formula is C10H14N6O2. The van der Waals surface area contributed by atoms with Gasteiger partial charge in [-0.05, 0) is 6.92 Å². The van der Waals surface area contributed by atoms with Crippen molar-refractivity contribution in [2.45, 2.75) is 13.5 Å². The van der Waals surface area contributed by atoms with Crippen molar-refractivity contribution in [2.75, 3.05) is 12.5 Å². The predicted molar refractivity (Wildman–Crippen MR) is 64.4 cm³/mol. The zero-order valence-corrected chi connectivity index (χ0v) is 10.1. The van der Waals surface area contributed by atoms with Crippen molar-refractivity contribution >= 4 is 5.82 Å². The van der Waals surface area contributed by atoms with Crippen molar-refractivity contribution in [2.24, 2.45) is 5.84 Å². The highest BCUT2D eigenvalue weighted by molar-refractivity contribution is 5.54. The Kier molecular flexibility index (Phi) is 3.58. The first-order chi connectivity index (χ1) is 8.78. The summed E-state index contributed by atoms with van der Waals surface area (Å²) in [4.78, 5) is 7.92. The molecule has 0 aliphatic heterocycles. The molecule has 2 rings (SSSR count). The molecule has 0 fully saturated rings. The fourth-order valence-electron chi connectivity index (χ4n) is 1.40. The molecule has 2 aromatic rings. The number of aryl methyl sites for hydroxylation is 1. The number of hydrogen-bond donors (Lipinski definition) is 2. The molecule has 8 nitrogen and oxygen atoms in total. The minimum atomic E-state index is 0.274. The van der Waals surface area contributed by atoms with Crippen molar-refractivity contribution in [1.29, 1.82) is 0 Å². The molecule has 0 saturated carbocycles. The predicted octanol–water partition coefficient (Wildman–Crippen LogP) is 0.779. The average molecular weight is 250 g/mol. The Morgan fingerprint density at radius 2 is 2.28 bits per heavy atom. The molecule has 0 radical (unpaired) electrons. The number of hydrogen-bond acceptors (Lipinski definition) is 7. The van der Waals surface area contributed by atoms with Crippen molar-refractivity contribution in [3.8, 4) is 17.4 Å². The van der Waals surface area contributed by atoms with Gasteiger partial charge < -0.3 is 14.9 Å². The normalized spacial score (nSPS) is 10.2. The molecule has 96 valence electrons. The first kappa shape index (κ1) is 12.1. The van der Waals surface area contributed by atoms with Crippen LogP contribution in [0.1, 0.15) is 6.92 Å². The quantitative estimate of drug-likeness (QED) is 0.597. The third kappa shape index (κ3) is 2.33. The highest BCUT2D eigenvalue weighted by Crippen LogP contribution is 2.33. The molecule has 0 bridgehead atoms. The lowest BCUT2D eigenvalue weighted by atomic mass is 10.5. The minimum absolute atomic E-state index is 0.274. The van der Waals surface area contributed by atoms with E-state index in [-0.39, 0.29) is 5.88 Å². The molecule has 8 heteroatoms. The van der Waals surface area contributed by atoms with Crippen LogP contribution in [-0.2, 0) is 6.54 Å². The molecule has 0 saturated heterocycles. The summed E-state index contributed by atoms with van der Waals surface area (Å²) < 4.78 is 12.5. The van der Waals surface area contributed by atoms with Gasteiger partial charge in [-0.1, -0.05) is 0 Å². The molecule has 0 spiro atoms. The van der Waals surface area contributed by atoms with E-state index >= 15 is 0 Å². The van der Waals surface area contributed by atoms with Gasteiger partial charge in [0.15, 0.2) is 11.6 Å². The van der Waals surface area contributed by atoms with E-state index in [0.717, 1.165) is 6.54 Å². The Bertz CT molecular complexity index is 527. The number of anilines is 1. The highest BCUT2D eigenvalue weighted by atomic mass is 16.5. The minimum Gasteiger partial charge on any atom is -0.489 e. The summed E-state index contributed by atoms with van der Waals surface area (Å²) in [5.41, 5.74) is 2.41. The fourth-order valence-corrected chi connectivity index (χ4v) is 1.40. The Labute approximate surface area is 104 Å². The Morgan fingerprint density at radius 3 is 2.89 bits per heavy atom. The van der Waals surface area contributed by atoms with Gasteiger partial charge in [0.25, 0.3) is 5.88 Å². The SMILES string of the molecule is CCn1cc(Oc2ncnc(NN)c2OC)cn1. The van der Waals surface area contributed by atoms with Crippen molar-refractivity contribution in [3.05, 3.63) is 18.7 Å². The molecule has 0 aliphatic rings. The maximum Gasteiger partial charge on any atom is 0.268 e. The van der Waals surface area contributed by atoms with Crippen LogP contribution in [0.3, 0.4) is 0 Å². The van der Waals surface area contributed by atoms with Gasteiger partial charge in [0.1, 0.15) is 6.33 Å². The maximum absolute atomic E-state index is 5.57. The van der Waals surface area contributed by atoms with Gasteiger partial charge in [-0.2, -0.15) is 10.1 Å². The topological polar surface area (TPSA) is 100 Å². The molecule has 18 heavy (non-hydrogen) atoms. The summed E-state index contributed by atoms with van der Waals surface area (Å²) in [6.45, 7) is 2.75. The average Bonchev–Trinajstić information content (AvgIpc) is 2.86. The van der Waals surface area contributed by atoms with Crippen LogP contribution in [0.25, 0.3) is 0 Å². The van der Waals surface area contributed by atoms with Gasteiger partial charge in [-0.3, -0.25) is 4.68 Å². The Morgan fingerprint density at radius 1 is 1.44 bits per heavy atom. The van der Waals surface area contributed by atoms with Crippen LogP contribution >= 0.6 is 0 Å². The van der Waals surface area contributed by atoms with Crippen LogP contribution in [0, 0.1) is 0 Å². The van der Waals surface area contributed by atoms with Crippen LogP contribution < -0.4 is 20.7 Å². The Hall–Kier alpha value is -2.35. The standard InChI is InChI=1S/C10H14N6O2/c1-3-16-5-7(4-14-16)18-10-8(17-2)9(15-11)12-6-13-10/h4-6H,3,11H2,1-2H3,(H,12,13,15). The van der Waals surface area contributed by atoms with Gasteiger partial charge in [-0.25, -0.2) is 10.8 Å². The van der Waals surface area contributed by atoms with E-state index in [1.165, 1.54) is 13.4 Å². The zero-order valence-electron chi connectivity index (χ0n) is 10.1. The molecule has 3 N–H and O–H groups in total. The van der Waals surface area contributed by atoms with Crippen molar-refractivity contribution in [3.63, 3.8) is 0 Å². The molecule has 0 aromatic carbocycles. The van der Waals surface area contributed by atoms with Gasteiger partial charge in [-0.15, -0.1) is 0 Å². The van der Waals surface area contributed by atoms with Crippen molar-refractivity contribution in [1.82, 2.24) is 19.7 Å². The number of rotatable bonds is 5. The van der Waals surface area contributed by atoms with Crippen LogP contribution in [0.2, 0.25) is 0 Å². The first-order valence-corrected chi connectivity index (χ1v) is 5.34. The van der Waals surface area contributed by atoms with E-state index in [9.17, 15) is 0 Å². The van der Waals surface area contributed by atoms with Crippen LogP contribution in [-0.4, -0.2) is 26.9 Å². The van der Waals surface area contributed by atoms with E-state index in [4.69, 9.17) is 15.3 Å². The van der Waals surface area contributed by atoms with Crippen molar-refractivity contribution < 1.29 is 9.47 Å². The van der Waals surface area contributed by atoms with E-state index in [2.05, 4.69) is 20.5 Å². The third-order valence-electron chi connectivity index (χ3n) is 2.26. The lowest BCUT2D eigenvalue weighted by Crippen LogP contribution is -2.10. The fraction of sp³-hybridized carbons (Fsp3) is 0.300. The smallest absolute Gasteiger partial charge is 0.268 e. The van der Waals surface area contributed by atoms with Gasteiger partial charge in [0, 0.05) is 6.54 Å². The number of hydrazine groups is 1. The van der Waals surface area contributed by atoms with E-state index in [0.29, 0.717) is 17.3 Å². The summed E-state index contributed by atoms with van der Waals surface area (Å²) in [5.74, 6) is 6.85. The van der Waals surface area contributed by atoms with Gasteiger partial charge in [0.2, 0.25) is 5.75 Å². The maximum atomic E-state index is 5.57. The van der Waals surface area contributed by atoms with Crippen LogP contribution in [0.5, 0.6) is 17.4 Å². The van der Waals surface area contributed by atoms with Crippen LogP contribution in [0.4, 0.5) is 5.82 Å². The third-order valence-corrected chi connectivity index (χ3v) is 2.26. The molecule has 0 atom stereocenters. The summed E-state index contributed by atoms with van der Waals surface area (Å²) in [7, 11) is 1.49. The molecule has 0 aliphatic carbocycles. The van der Waals surface area contributed by atoms with E-state index in [1.54, 1.807) is 17.1 Å². The zero-order chi connectivity index (χ0) is 13.0. The van der Waals surface area contributed by atoms with Crippen LogP contribution in [0.15, 0.2) is 18.7 Å². The van der Waals surface area contributed by atoms with Gasteiger partial charge >= 0.3 is 0 Å². The second-order valence-corrected chi connectivity index (χ2v) is 3.34. The second-order valence-electron chi connectivity index (χ2n) is 3.34. The number of ether oxygens (including phenoxy) is 2. The largest absolute Gasteiger partial charge is 0.489 e. The lowest BCUT2D eigenvalue weighted by Gasteiger charge is -2.10. The van der Waals surface area contributed by atoms with E-state index < -0.39 is 0 Å². The lowest BCUT2D eigenvalue weighted by molar-refractivity contribution is 0.369. The highest BCUT2D eigenvalue weighted by Gasteiger charge is 2.14. The number of nitrogens with two attached hydrogens (primary N) is 1. The second kappa shape index (κ2) is 5.32. The first-order valence-electron chi connectivity index (χ1n) is 5.34. The molecular weight excluding hydrogens is 236 g/mol. The number of aromatic nitrogens is 4. The summed E-state index contributed by atoms with van der Waals surface area (Å²) in [5, 5.41) is 4.10. The van der Waals surface area contributed by atoms with Gasteiger partial charge in [0.05, 0.1) is 19.5 Å². The number of nitrogens with one attached hydrogen (secondary N) is 1.